The van der Waals surface area contributed by atoms with Crippen LogP contribution in [-0.4, -0.2) is 13.1 Å². The van der Waals surface area contributed by atoms with Crippen LogP contribution in [0.1, 0.15) is 32.1 Å². The Bertz CT molecular complexity index is 351. The van der Waals surface area contributed by atoms with Crippen LogP contribution >= 0.6 is 0 Å². The molecule has 0 aliphatic heterocycles. The minimum absolute atomic E-state index is 0.212. The molecule has 1 saturated carbocycles. The zero-order chi connectivity index (χ0) is 12.1. The van der Waals surface area contributed by atoms with Crippen molar-refractivity contribution in [3.8, 4) is 0 Å². The summed E-state index contributed by atoms with van der Waals surface area (Å²) in [6.45, 7) is 0. The van der Waals surface area contributed by atoms with Gasteiger partial charge in [-0.25, -0.2) is 4.79 Å². The number of hydrogen-bond donors (Lipinski definition) is 0. The summed E-state index contributed by atoms with van der Waals surface area (Å²) in [6, 6.07) is 0. The molecule has 0 bridgehead atoms. The molecule has 1 atom stereocenters. The van der Waals surface area contributed by atoms with Crippen LogP contribution in [-0.2, 0) is 9.53 Å². The molecule has 0 aromatic carbocycles. The van der Waals surface area contributed by atoms with E-state index in [2.05, 4.69) is 24.3 Å². The fourth-order valence-corrected chi connectivity index (χ4v) is 2.78. The van der Waals surface area contributed by atoms with Crippen molar-refractivity contribution < 1.29 is 9.53 Å². The highest BCUT2D eigenvalue weighted by Gasteiger charge is 2.25. The molecule has 17 heavy (non-hydrogen) atoms. The summed E-state index contributed by atoms with van der Waals surface area (Å²) < 4.78 is 4.74. The molecule has 2 nitrogen and oxygen atoms in total. The molecule has 0 heterocycles. The standard InChI is InChI=1S/C15H20O2/c1-17-15(16)11-13-9-5-6-10-14(13)12-7-3-2-4-8-12/h3-4,7-8,11-12,14H,2,5-6,9-10H2,1H3/b13-11+. The SMILES string of the molecule is COC(=O)/C=C1\CCCCC1C1C=CCC=C1. The quantitative estimate of drug-likeness (QED) is 0.414. The zero-order valence-electron chi connectivity index (χ0n) is 10.4. The van der Waals surface area contributed by atoms with E-state index < -0.39 is 0 Å². The highest BCUT2D eigenvalue weighted by molar-refractivity contribution is 5.82. The predicted molar refractivity (Wildman–Crippen MR) is 68.4 cm³/mol. The first-order valence-electron chi connectivity index (χ1n) is 6.43. The Balaban J connectivity index is 2.14. The molecule has 2 rings (SSSR count). The molecule has 1 fully saturated rings. The van der Waals surface area contributed by atoms with Gasteiger partial charge in [-0.05, 0) is 31.6 Å². The van der Waals surface area contributed by atoms with Crippen molar-refractivity contribution in [1.82, 2.24) is 0 Å². The fraction of sp³-hybridized carbons (Fsp3) is 0.533. The first-order chi connectivity index (χ1) is 8.31. The van der Waals surface area contributed by atoms with Gasteiger partial charge in [0.05, 0.1) is 7.11 Å². The highest BCUT2D eigenvalue weighted by atomic mass is 16.5. The number of allylic oxidation sites excluding steroid dienone is 5. The first-order valence-corrected chi connectivity index (χ1v) is 6.43. The molecule has 1 unspecified atom stereocenters. The second-order valence-corrected chi connectivity index (χ2v) is 4.76. The van der Waals surface area contributed by atoms with Gasteiger partial charge in [0.25, 0.3) is 0 Å². The first kappa shape index (κ1) is 12.2. The lowest BCUT2D eigenvalue weighted by Gasteiger charge is -2.30. The van der Waals surface area contributed by atoms with E-state index >= 15 is 0 Å². The van der Waals surface area contributed by atoms with Crippen LogP contribution in [0.3, 0.4) is 0 Å². The smallest absolute Gasteiger partial charge is 0.330 e. The third kappa shape index (κ3) is 3.09. The van der Waals surface area contributed by atoms with Gasteiger partial charge < -0.3 is 4.74 Å². The summed E-state index contributed by atoms with van der Waals surface area (Å²) in [7, 11) is 1.44. The van der Waals surface area contributed by atoms with Crippen molar-refractivity contribution in [3.63, 3.8) is 0 Å². The maximum atomic E-state index is 11.4. The second kappa shape index (κ2) is 5.85. The van der Waals surface area contributed by atoms with Gasteiger partial charge in [0.2, 0.25) is 0 Å². The summed E-state index contributed by atoms with van der Waals surface area (Å²) in [5.74, 6) is 0.756. The fourth-order valence-electron chi connectivity index (χ4n) is 2.78. The van der Waals surface area contributed by atoms with Crippen LogP contribution in [0.5, 0.6) is 0 Å². The number of rotatable bonds is 2. The van der Waals surface area contributed by atoms with E-state index in [0.717, 1.165) is 12.8 Å². The van der Waals surface area contributed by atoms with Gasteiger partial charge in [0.1, 0.15) is 0 Å². The monoisotopic (exact) mass is 232 g/mol. The van der Waals surface area contributed by atoms with E-state index in [0.29, 0.717) is 11.8 Å². The molecule has 0 spiro atoms. The largest absolute Gasteiger partial charge is 0.466 e. The summed E-state index contributed by atoms with van der Waals surface area (Å²) in [5, 5.41) is 0. The molecule has 0 aromatic heterocycles. The number of esters is 1. The van der Waals surface area contributed by atoms with E-state index in [-0.39, 0.29) is 5.97 Å². The number of methoxy groups -OCH3 is 1. The van der Waals surface area contributed by atoms with Gasteiger partial charge in [-0.2, -0.15) is 0 Å². The van der Waals surface area contributed by atoms with E-state index in [1.54, 1.807) is 6.08 Å². The van der Waals surface area contributed by atoms with Crippen molar-refractivity contribution in [2.24, 2.45) is 11.8 Å². The van der Waals surface area contributed by atoms with Gasteiger partial charge in [-0.15, -0.1) is 0 Å². The van der Waals surface area contributed by atoms with E-state index in [1.807, 2.05) is 0 Å². The molecule has 0 saturated heterocycles. The average molecular weight is 232 g/mol. The minimum Gasteiger partial charge on any atom is -0.466 e. The van der Waals surface area contributed by atoms with Crippen molar-refractivity contribution >= 4 is 5.97 Å². The summed E-state index contributed by atoms with van der Waals surface area (Å²) in [4.78, 5) is 11.4. The van der Waals surface area contributed by atoms with Gasteiger partial charge in [0.15, 0.2) is 0 Å². The van der Waals surface area contributed by atoms with Crippen molar-refractivity contribution in [1.29, 1.82) is 0 Å². The molecular weight excluding hydrogens is 212 g/mol. The lowest BCUT2D eigenvalue weighted by atomic mass is 9.75. The van der Waals surface area contributed by atoms with Crippen LogP contribution < -0.4 is 0 Å². The topological polar surface area (TPSA) is 26.3 Å². The molecule has 0 radical (unpaired) electrons. The maximum absolute atomic E-state index is 11.4. The average Bonchev–Trinajstić information content (AvgIpc) is 2.40. The Hall–Kier alpha value is -1.31. The summed E-state index contributed by atoms with van der Waals surface area (Å²) >= 11 is 0. The Kier molecular flexibility index (Phi) is 4.18. The van der Waals surface area contributed by atoms with E-state index in [9.17, 15) is 4.79 Å². The van der Waals surface area contributed by atoms with Gasteiger partial charge in [0, 0.05) is 12.0 Å². The lowest BCUT2D eigenvalue weighted by molar-refractivity contribution is -0.134. The normalized spacial score (nSPS) is 27.4. The molecule has 0 aromatic rings. The molecule has 0 amide bonds. The number of carbonyl (C=O) groups is 1. The minimum atomic E-state index is -0.212. The molecule has 92 valence electrons. The Morgan fingerprint density at radius 3 is 2.82 bits per heavy atom. The predicted octanol–water partition coefficient (Wildman–Crippen LogP) is 3.41. The molecule has 2 aliphatic carbocycles. The third-order valence-electron chi connectivity index (χ3n) is 3.66. The number of ether oxygens (including phenoxy) is 1. The van der Waals surface area contributed by atoms with Gasteiger partial charge >= 0.3 is 5.97 Å². The third-order valence-corrected chi connectivity index (χ3v) is 3.66. The highest BCUT2D eigenvalue weighted by Crippen LogP contribution is 2.37. The van der Waals surface area contributed by atoms with Crippen LogP contribution in [0.15, 0.2) is 36.0 Å². The van der Waals surface area contributed by atoms with Gasteiger partial charge in [-0.3, -0.25) is 0 Å². The zero-order valence-corrected chi connectivity index (χ0v) is 10.4. The second-order valence-electron chi connectivity index (χ2n) is 4.76. The molecule has 2 aliphatic rings. The Morgan fingerprint density at radius 2 is 2.12 bits per heavy atom. The summed E-state index contributed by atoms with van der Waals surface area (Å²) in [6.07, 6.45) is 16.4. The molecular formula is C15H20O2. The number of carbonyl (C=O) groups excluding carboxylic acids is 1. The molecule has 0 N–H and O–H groups in total. The summed E-state index contributed by atoms with van der Waals surface area (Å²) in [5.41, 5.74) is 1.27. The van der Waals surface area contributed by atoms with E-state index in [1.165, 1.54) is 31.9 Å². The van der Waals surface area contributed by atoms with Gasteiger partial charge in [-0.1, -0.05) is 36.3 Å². The Morgan fingerprint density at radius 1 is 1.35 bits per heavy atom. The Labute approximate surface area is 103 Å². The van der Waals surface area contributed by atoms with Crippen LogP contribution in [0.4, 0.5) is 0 Å². The number of hydrogen-bond acceptors (Lipinski definition) is 2. The van der Waals surface area contributed by atoms with Crippen molar-refractivity contribution in [2.45, 2.75) is 32.1 Å². The van der Waals surface area contributed by atoms with Crippen molar-refractivity contribution in [2.75, 3.05) is 7.11 Å². The lowest BCUT2D eigenvalue weighted by Crippen LogP contribution is -2.19. The van der Waals surface area contributed by atoms with Crippen molar-refractivity contribution in [3.05, 3.63) is 36.0 Å². The van der Waals surface area contributed by atoms with Crippen LogP contribution in [0, 0.1) is 11.8 Å². The van der Waals surface area contributed by atoms with Crippen LogP contribution in [0.2, 0.25) is 0 Å². The van der Waals surface area contributed by atoms with E-state index in [4.69, 9.17) is 4.74 Å². The maximum Gasteiger partial charge on any atom is 0.330 e. The van der Waals surface area contributed by atoms with Crippen LogP contribution in [0.25, 0.3) is 0 Å². The molecule has 2 heteroatoms.